The third-order valence-electron chi connectivity index (χ3n) is 2.05. The molecule has 2 heterocycles. The van der Waals surface area contributed by atoms with Gasteiger partial charge in [-0.3, -0.25) is 4.98 Å². The molecule has 0 fully saturated rings. The van der Waals surface area contributed by atoms with Gasteiger partial charge in [0.2, 0.25) is 5.89 Å². The molecule has 84 valence electrons. The van der Waals surface area contributed by atoms with E-state index >= 15 is 0 Å². The summed E-state index contributed by atoms with van der Waals surface area (Å²) in [6.45, 7) is 0.981. The molecule has 0 radical (unpaired) electrons. The third kappa shape index (κ3) is 2.77. The molecule has 2 aromatic heterocycles. The normalized spacial score (nSPS) is 10.3. The van der Waals surface area contributed by atoms with Crippen molar-refractivity contribution in [1.82, 2.24) is 15.2 Å². The highest BCUT2D eigenvalue weighted by Crippen LogP contribution is 2.04. The summed E-state index contributed by atoms with van der Waals surface area (Å²) in [5.41, 5.74) is 6.51. The van der Waals surface area contributed by atoms with E-state index < -0.39 is 0 Å². The SMILES string of the molecule is NCc1nnc(NCCc2cccnc2)o1. The monoisotopic (exact) mass is 219 g/mol. The van der Waals surface area contributed by atoms with Gasteiger partial charge in [0, 0.05) is 18.9 Å². The number of hydrogen-bond donors (Lipinski definition) is 2. The first-order valence-corrected chi connectivity index (χ1v) is 5.03. The van der Waals surface area contributed by atoms with Gasteiger partial charge in [-0.15, -0.1) is 5.10 Å². The molecule has 0 aliphatic carbocycles. The second-order valence-electron chi connectivity index (χ2n) is 3.24. The Balaban J connectivity index is 1.80. The minimum absolute atomic E-state index is 0.261. The van der Waals surface area contributed by atoms with E-state index in [9.17, 15) is 0 Å². The van der Waals surface area contributed by atoms with Crippen LogP contribution in [0.15, 0.2) is 28.9 Å². The molecule has 0 saturated heterocycles. The van der Waals surface area contributed by atoms with Gasteiger partial charge in [-0.2, -0.15) is 0 Å². The van der Waals surface area contributed by atoms with Crippen molar-refractivity contribution in [2.24, 2.45) is 5.73 Å². The number of hydrogen-bond acceptors (Lipinski definition) is 6. The zero-order valence-electron chi connectivity index (χ0n) is 8.76. The van der Waals surface area contributed by atoms with Gasteiger partial charge < -0.3 is 15.5 Å². The lowest BCUT2D eigenvalue weighted by Crippen LogP contribution is -2.05. The van der Waals surface area contributed by atoms with Crippen molar-refractivity contribution in [3.8, 4) is 0 Å². The molecule has 0 spiro atoms. The molecule has 0 amide bonds. The standard InChI is InChI=1S/C10H13N5O/c11-6-9-14-15-10(16-9)13-5-3-8-2-1-4-12-7-8/h1-2,4,7H,3,5-6,11H2,(H,13,15). The smallest absolute Gasteiger partial charge is 0.315 e. The highest BCUT2D eigenvalue weighted by Gasteiger charge is 2.02. The Hall–Kier alpha value is -1.95. The van der Waals surface area contributed by atoms with Crippen LogP contribution in [0.3, 0.4) is 0 Å². The maximum Gasteiger partial charge on any atom is 0.315 e. The minimum Gasteiger partial charge on any atom is -0.407 e. The summed E-state index contributed by atoms with van der Waals surface area (Å²) < 4.78 is 5.20. The Kier molecular flexibility index (Phi) is 3.45. The fourth-order valence-electron chi connectivity index (χ4n) is 1.27. The molecule has 0 aromatic carbocycles. The molecule has 0 aliphatic rings. The van der Waals surface area contributed by atoms with Crippen LogP contribution < -0.4 is 11.1 Å². The fourth-order valence-corrected chi connectivity index (χ4v) is 1.27. The molecule has 0 atom stereocenters. The first-order chi connectivity index (χ1) is 7.88. The zero-order chi connectivity index (χ0) is 11.2. The molecule has 16 heavy (non-hydrogen) atoms. The molecule has 6 nitrogen and oxygen atoms in total. The van der Waals surface area contributed by atoms with Gasteiger partial charge >= 0.3 is 6.01 Å². The number of pyridine rings is 1. The molecule has 0 saturated carbocycles. The van der Waals surface area contributed by atoms with Crippen molar-refractivity contribution in [3.05, 3.63) is 36.0 Å². The van der Waals surface area contributed by atoms with E-state index in [1.54, 1.807) is 6.20 Å². The third-order valence-corrected chi connectivity index (χ3v) is 2.05. The first kappa shape index (κ1) is 10.6. The minimum atomic E-state index is 0.261. The summed E-state index contributed by atoms with van der Waals surface area (Å²) in [7, 11) is 0. The van der Waals surface area contributed by atoms with Gasteiger partial charge in [0.15, 0.2) is 0 Å². The number of anilines is 1. The summed E-state index contributed by atoms with van der Waals surface area (Å²) in [5.74, 6) is 0.434. The maximum absolute atomic E-state index is 5.35. The lowest BCUT2D eigenvalue weighted by Gasteiger charge is -2.00. The largest absolute Gasteiger partial charge is 0.407 e. The van der Waals surface area contributed by atoms with E-state index in [0.29, 0.717) is 11.9 Å². The van der Waals surface area contributed by atoms with Crippen molar-refractivity contribution in [2.45, 2.75) is 13.0 Å². The molecular weight excluding hydrogens is 206 g/mol. The predicted molar refractivity (Wildman–Crippen MR) is 58.6 cm³/mol. The number of nitrogens with one attached hydrogen (secondary N) is 1. The van der Waals surface area contributed by atoms with Gasteiger partial charge in [-0.1, -0.05) is 11.2 Å². The maximum atomic E-state index is 5.35. The molecule has 2 aromatic rings. The number of nitrogens with zero attached hydrogens (tertiary/aromatic N) is 3. The summed E-state index contributed by atoms with van der Waals surface area (Å²) >= 11 is 0. The summed E-state index contributed by atoms with van der Waals surface area (Å²) in [5, 5.41) is 10.6. The second kappa shape index (κ2) is 5.22. The molecule has 0 bridgehead atoms. The van der Waals surface area contributed by atoms with Gasteiger partial charge in [0.05, 0.1) is 6.54 Å². The molecular formula is C10H13N5O. The van der Waals surface area contributed by atoms with Crippen molar-refractivity contribution in [3.63, 3.8) is 0 Å². The average Bonchev–Trinajstić information content (AvgIpc) is 2.78. The molecule has 0 aliphatic heterocycles. The summed E-state index contributed by atoms with van der Waals surface area (Å²) in [6.07, 6.45) is 4.44. The van der Waals surface area contributed by atoms with Crippen LogP contribution in [-0.2, 0) is 13.0 Å². The van der Waals surface area contributed by atoms with Crippen molar-refractivity contribution in [1.29, 1.82) is 0 Å². The lowest BCUT2D eigenvalue weighted by molar-refractivity contribution is 0.507. The Labute approximate surface area is 92.9 Å². The van der Waals surface area contributed by atoms with Crippen LogP contribution in [-0.4, -0.2) is 21.7 Å². The lowest BCUT2D eigenvalue weighted by atomic mass is 10.2. The van der Waals surface area contributed by atoms with Crippen LogP contribution in [0.1, 0.15) is 11.5 Å². The quantitative estimate of drug-likeness (QED) is 0.764. The van der Waals surface area contributed by atoms with Crippen LogP contribution in [0.25, 0.3) is 0 Å². The molecule has 0 unspecified atom stereocenters. The second-order valence-corrected chi connectivity index (χ2v) is 3.24. The van der Waals surface area contributed by atoms with Crippen LogP contribution >= 0.6 is 0 Å². The van der Waals surface area contributed by atoms with Crippen molar-refractivity contribution >= 4 is 6.01 Å². The first-order valence-electron chi connectivity index (χ1n) is 5.03. The van der Waals surface area contributed by atoms with Gasteiger partial charge in [0.25, 0.3) is 0 Å². The van der Waals surface area contributed by atoms with Crippen LogP contribution in [0.5, 0.6) is 0 Å². The number of aromatic nitrogens is 3. The van der Waals surface area contributed by atoms with E-state index in [1.165, 1.54) is 0 Å². The summed E-state index contributed by atoms with van der Waals surface area (Å²) in [6, 6.07) is 4.34. The van der Waals surface area contributed by atoms with Gasteiger partial charge in [0.1, 0.15) is 0 Å². The van der Waals surface area contributed by atoms with Crippen LogP contribution in [0, 0.1) is 0 Å². The Morgan fingerprint density at radius 2 is 2.31 bits per heavy atom. The van der Waals surface area contributed by atoms with E-state index in [-0.39, 0.29) is 6.54 Å². The van der Waals surface area contributed by atoms with E-state index in [2.05, 4.69) is 20.5 Å². The highest BCUT2D eigenvalue weighted by molar-refractivity contribution is 5.18. The van der Waals surface area contributed by atoms with Crippen molar-refractivity contribution in [2.75, 3.05) is 11.9 Å². The van der Waals surface area contributed by atoms with E-state index in [4.69, 9.17) is 10.2 Å². The summed E-state index contributed by atoms with van der Waals surface area (Å²) in [4.78, 5) is 4.03. The number of nitrogens with two attached hydrogens (primary N) is 1. The zero-order valence-corrected chi connectivity index (χ0v) is 8.76. The number of rotatable bonds is 5. The van der Waals surface area contributed by atoms with Crippen LogP contribution in [0.2, 0.25) is 0 Å². The Morgan fingerprint density at radius 3 is 3.00 bits per heavy atom. The average molecular weight is 219 g/mol. The highest BCUT2D eigenvalue weighted by atomic mass is 16.4. The Morgan fingerprint density at radius 1 is 1.38 bits per heavy atom. The van der Waals surface area contributed by atoms with E-state index in [0.717, 1.165) is 18.5 Å². The molecule has 2 rings (SSSR count). The van der Waals surface area contributed by atoms with Gasteiger partial charge in [-0.05, 0) is 18.1 Å². The van der Waals surface area contributed by atoms with Crippen molar-refractivity contribution < 1.29 is 4.42 Å². The van der Waals surface area contributed by atoms with E-state index in [1.807, 2.05) is 18.3 Å². The predicted octanol–water partition coefficient (Wildman–Crippen LogP) is 0.578. The Bertz CT molecular complexity index is 428. The van der Waals surface area contributed by atoms with Crippen LogP contribution in [0.4, 0.5) is 6.01 Å². The molecule has 3 N–H and O–H groups in total. The fraction of sp³-hybridized carbons (Fsp3) is 0.300. The topological polar surface area (TPSA) is 89.9 Å². The van der Waals surface area contributed by atoms with Gasteiger partial charge in [-0.25, -0.2) is 0 Å². The molecule has 6 heteroatoms.